The maximum absolute atomic E-state index is 13.0. The molecule has 0 aromatic heterocycles. The van der Waals surface area contributed by atoms with Crippen molar-refractivity contribution in [3.63, 3.8) is 0 Å². The number of phosphoric ester groups is 2. The molecule has 3 N–H and O–H groups in total. The summed E-state index contributed by atoms with van der Waals surface area (Å²) in [5.74, 6) is -2.23. The fourth-order valence-corrected chi connectivity index (χ4v) is 10.6. The predicted molar refractivity (Wildman–Crippen MR) is 372 cm³/mol. The molecule has 0 aliphatic heterocycles. The van der Waals surface area contributed by atoms with Gasteiger partial charge in [0, 0.05) is 25.7 Å². The second-order valence-electron chi connectivity index (χ2n) is 23.4. The number of carbonyl (C=O) groups is 4. The van der Waals surface area contributed by atoms with Gasteiger partial charge in [0.15, 0.2) is 12.2 Å². The van der Waals surface area contributed by atoms with Gasteiger partial charge in [0.1, 0.15) is 19.3 Å². The number of allylic oxidation sites excluding steroid dienone is 16. The Labute approximate surface area is 557 Å². The van der Waals surface area contributed by atoms with Crippen molar-refractivity contribution in [3.05, 3.63) is 97.2 Å². The highest BCUT2D eigenvalue weighted by atomic mass is 31.2. The Morgan fingerprint density at radius 1 is 0.315 bits per heavy atom. The molecule has 0 spiro atoms. The molecule has 5 atom stereocenters. The number of aliphatic hydroxyl groups excluding tert-OH is 1. The zero-order chi connectivity index (χ0) is 67.5. The molecular formula is C73H126O17P2. The monoisotopic (exact) mass is 1340 g/mol. The van der Waals surface area contributed by atoms with E-state index in [4.69, 9.17) is 37.0 Å². The van der Waals surface area contributed by atoms with E-state index in [1.165, 1.54) is 25.7 Å². The van der Waals surface area contributed by atoms with E-state index < -0.39 is 97.5 Å². The summed E-state index contributed by atoms with van der Waals surface area (Å²) in [6, 6.07) is 0. The molecule has 0 heterocycles. The molecule has 0 rings (SSSR count). The number of hydrogen-bond acceptors (Lipinski definition) is 15. The first-order valence-corrected chi connectivity index (χ1v) is 38.5. The number of carbonyl (C=O) groups excluding carboxylic acids is 4. The summed E-state index contributed by atoms with van der Waals surface area (Å²) in [6.45, 7) is 4.53. The Balaban J connectivity index is 5.32. The van der Waals surface area contributed by atoms with Gasteiger partial charge in [0.05, 0.1) is 26.4 Å². The lowest BCUT2D eigenvalue weighted by Crippen LogP contribution is -2.30. The molecule has 0 aliphatic rings. The van der Waals surface area contributed by atoms with Crippen molar-refractivity contribution in [1.82, 2.24) is 0 Å². The Kier molecular flexibility index (Phi) is 62.8. The predicted octanol–water partition coefficient (Wildman–Crippen LogP) is 19.7. The molecule has 0 aromatic carbocycles. The van der Waals surface area contributed by atoms with Crippen molar-refractivity contribution in [2.75, 3.05) is 39.6 Å². The van der Waals surface area contributed by atoms with E-state index in [0.29, 0.717) is 25.7 Å². The van der Waals surface area contributed by atoms with E-state index in [0.717, 1.165) is 180 Å². The van der Waals surface area contributed by atoms with Crippen LogP contribution in [0.2, 0.25) is 0 Å². The highest BCUT2D eigenvalue weighted by Gasteiger charge is 2.30. The van der Waals surface area contributed by atoms with Crippen LogP contribution in [0.1, 0.15) is 285 Å². The van der Waals surface area contributed by atoms with Crippen molar-refractivity contribution in [3.8, 4) is 0 Å². The average molecular weight is 1340 g/mol. The molecule has 17 nitrogen and oxygen atoms in total. The average Bonchev–Trinajstić information content (AvgIpc) is 2.31. The van der Waals surface area contributed by atoms with Crippen LogP contribution in [0.4, 0.5) is 0 Å². The fourth-order valence-electron chi connectivity index (χ4n) is 9.03. The van der Waals surface area contributed by atoms with Crippen LogP contribution in [0.25, 0.3) is 0 Å². The van der Waals surface area contributed by atoms with Crippen LogP contribution in [0, 0.1) is 0 Å². The standard InChI is InChI=1S/C73H126O17P2/c1-5-9-13-17-21-25-29-31-32-33-34-36-40-42-46-50-54-58-71(76)84-64-69(90-73(78)60-56-52-48-44-38-28-24-20-16-12-8-4)66-88-92(81,82)86-62-67(74)61-85-91(79,80)87-65-68(89-72(77)59-55-51-47-43-37-27-23-19-15-11-7-3)63-83-70(75)57-53-49-45-41-39-35-30-26-22-18-14-10-6-2/h9,13-14,18-21,23-26,30-32,34,36,67-69,74H,5-8,10-12,15-17,22,27-29,33,35,37-66H2,1-4H3,(H,79,80)(H,81,82)/b13-9-,18-14-,23-19-,24-20-,25-21-,30-26-,32-31-,36-34-. The lowest BCUT2D eigenvalue weighted by molar-refractivity contribution is -0.161. The third-order valence-electron chi connectivity index (χ3n) is 14.5. The maximum Gasteiger partial charge on any atom is 0.472 e. The van der Waals surface area contributed by atoms with E-state index >= 15 is 0 Å². The van der Waals surface area contributed by atoms with E-state index in [2.05, 4.69) is 125 Å². The molecule has 5 unspecified atom stereocenters. The molecule has 0 bridgehead atoms. The first-order chi connectivity index (χ1) is 44.7. The maximum atomic E-state index is 13.0. The van der Waals surface area contributed by atoms with Gasteiger partial charge in [-0.3, -0.25) is 37.3 Å². The zero-order valence-electron chi connectivity index (χ0n) is 57.4. The normalized spacial score (nSPS) is 14.6. The summed E-state index contributed by atoms with van der Waals surface area (Å²) < 4.78 is 68.1. The van der Waals surface area contributed by atoms with Crippen LogP contribution in [0.3, 0.4) is 0 Å². The molecule has 0 saturated heterocycles. The molecule has 19 heteroatoms. The van der Waals surface area contributed by atoms with E-state index in [1.807, 2.05) is 0 Å². The summed E-state index contributed by atoms with van der Waals surface area (Å²) >= 11 is 0. The minimum Gasteiger partial charge on any atom is -0.462 e. The first-order valence-electron chi connectivity index (χ1n) is 35.5. The van der Waals surface area contributed by atoms with Crippen LogP contribution < -0.4 is 0 Å². The molecule has 0 aliphatic carbocycles. The second kappa shape index (κ2) is 65.6. The third-order valence-corrected chi connectivity index (χ3v) is 16.4. The summed E-state index contributed by atoms with van der Waals surface area (Å²) in [5.41, 5.74) is 0. The van der Waals surface area contributed by atoms with Crippen LogP contribution >= 0.6 is 15.6 Å². The van der Waals surface area contributed by atoms with Gasteiger partial charge in [-0.15, -0.1) is 0 Å². The van der Waals surface area contributed by atoms with Gasteiger partial charge in [0.2, 0.25) is 0 Å². The van der Waals surface area contributed by atoms with Gasteiger partial charge in [-0.2, -0.15) is 0 Å². The molecule has 0 radical (unpaired) electrons. The van der Waals surface area contributed by atoms with Crippen molar-refractivity contribution in [2.24, 2.45) is 0 Å². The quantitative estimate of drug-likeness (QED) is 0.0169. The van der Waals surface area contributed by atoms with Gasteiger partial charge in [0.25, 0.3) is 0 Å². The van der Waals surface area contributed by atoms with Gasteiger partial charge < -0.3 is 33.8 Å². The number of aliphatic hydroxyl groups is 1. The molecule has 530 valence electrons. The molecule has 0 amide bonds. The van der Waals surface area contributed by atoms with E-state index in [-0.39, 0.29) is 25.7 Å². The Bertz CT molecular complexity index is 2130. The Morgan fingerprint density at radius 2 is 0.587 bits per heavy atom. The highest BCUT2D eigenvalue weighted by molar-refractivity contribution is 7.47. The number of esters is 4. The van der Waals surface area contributed by atoms with E-state index in [9.17, 15) is 43.2 Å². The van der Waals surface area contributed by atoms with Crippen LogP contribution in [-0.4, -0.2) is 96.7 Å². The number of phosphoric acid groups is 2. The Morgan fingerprint density at radius 3 is 0.924 bits per heavy atom. The minimum absolute atomic E-state index is 0.0780. The molecule has 0 aromatic rings. The van der Waals surface area contributed by atoms with Crippen LogP contribution in [0.5, 0.6) is 0 Å². The van der Waals surface area contributed by atoms with Gasteiger partial charge in [-0.25, -0.2) is 9.13 Å². The third kappa shape index (κ3) is 64.7. The lowest BCUT2D eigenvalue weighted by atomic mass is 10.1. The van der Waals surface area contributed by atoms with Crippen LogP contribution in [-0.2, 0) is 65.4 Å². The van der Waals surface area contributed by atoms with Crippen molar-refractivity contribution < 1.29 is 80.2 Å². The number of rotatable bonds is 66. The van der Waals surface area contributed by atoms with Gasteiger partial charge >= 0.3 is 39.5 Å². The minimum atomic E-state index is -4.97. The Hall–Kier alpha value is -4.02. The topological polar surface area (TPSA) is 237 Å². The molecule has 0 saturated carbocycles. The molecule has 0 fully saturated rings. The summed E-state index contributed by atoms with van der Waals surface area (Å²) in [7, 11) is -9.94. The second-order valence-corrected chi connectivity index (χ2v) is 26.3. The van der Waals surface area contributed by atoms with Crippen molar-refractivity contribution >= 4 is 39.5 Å². The van der Waals surface area contributed by atoms with Crippen molar-refractivity contribution in [1.29, 1.82) is 0 Å². The highest BCUT2D eigenvalue weighted by Crippen LogP contribution is 2.45. The van der Waals surface area contributed by atoms with Crippen LogP contribution in [0.15, 0.2) is 97.2 Å². The molecular weight excluding hydrogens is 1210 g/mol. The van der Waals surface area contributed by atoms with Gasteiger partial charge in [-0.1, -0.05) is 228 Å². The summed E-state index contributed by atoms with van der Waals surface area (Å²) in [4.78, 5) is 72.5. The van der Waals surface area contributed by atoms with Crippen molar-refractivity contribution in [2.45, 2.75) is 303 Å². The largest absolute Gasteiger partial charge is 0.472 e. The lowest BCUT2D eigenvalue weighted by Gasteiger charge is -2.21. The SMILES string of the molecule is CC/C=C\C/C=C\C/C=C\C/C=C\CCCCCCC(=O)OCC(COP(=O)(O)OCC(O)COP(=O)(O)OCC(COC(=O)CCCCCCC/C=C\C/C=C\CCC)OC(=O)CCCCCCC/C=C\CCCC)OC(=O)CCCCCCC/C=C\CCCC. The summed E-state index contributed by atoms with van der Waals surface area (Å²) in [5, 5.41) is 10.6. The number of ether oxygens (including phenoxy) is 4. The number of hydrogen-bond donors (Lipinski definition) is 3. The first kappa shape index (κ1) is 88.0. The summed E-state index contributed by atoms with van der Waals surface area (Å²) in [6.07, 6.45) is 65.7. The number of unbranched alkanes of at least 4 members (excludes halogenated alkanes) is 24. The molecule has 92 heavy (non-hydrogen) atoms. The zero-order valence-corrected chi connectivity index (χ0v) is 59.2. The smallest absolute Gasteiger partial charge is 0.462 e. The van der Waals surface area contributed by atoms with Gasteiger partial charge in [-0.05, 0) is 128 Å². The van der Waals surface area contributed by atoms with E-state index in [1.54, 1.807) is 0 Å². The fraction of sp³-hybridized carbons (Fsp3) is 0.726.